The lowest BCUT2D eigenvalue weighted by Crippen LogP contribution is -2.38. The van der Waals surface area contributed by atoms with E-state index in [4.69, 9.17) is 0 Å². The van der Waals surface area contributed by atoms with Gasteiger partial charge in [-0.25, -0.2) is 4.39 Å². The third-order valence-electron chi connectivity index (χ3n) is 4.87. The molecule has 1 aromatic rings. The van der Waals surface area contributed by atoms with E-state index < -0.39 is 0 Å². The maximum atomic E-state index is 13.7. The van der Waals surface area contributed by atoms with Crippen molar-refractivity contribution in [2.75, 3.05) is 13.6 Å². The van der Waals surface area contributed by atoms with Crippen LogP contribution in [0.1, 0.15) is 38.7 Å². The van der Waals surface area contributed by atoms with Gasteiger partial charge in [0.05, 0.1) is 6.10 Å². The summed E-state index contributed by atoms with van der Waals surface area (Å²) in [7, 11) is 2.01. The van der Waals surface area contributed by atoms with Gasteiger partial charge < -0.3 is 10.0 Å². The molecule has 0 radical (unpaired) electrons. The van der Waals surface area contributed by atoms with E-state index >= 15 is 0 Å². The first-order chi connectivity index (χ1) is 9.97. The van der Waals surface area contributed by atoms with Crippen molar-refractivity contribution in [3.8, 4) is 0 Å². The van der Waals surface area contributed by atoms with E-state index in [2.05, 4.69) is 18.7 Å². The van der Waals surface area contributed by atoms with Crippen LogP contribution in [0.25, 0.3) is 0 Å². The van der Waals surface area contributed by atoms with Crippen molar-refractivity contribution in [3.63, 3.8) is 0 Å². The number of aliphatic hydroxyl groups excluding tert-OH is 1. The molecule has 2 rings (SSSR count). The standard InChI is InChI=1S/C18H28FNO/c1-13(2)14-8-9-18(21)16(10-14)12-20(3)11-15-6-4-5-7-17(15)19/h4-7,13-14,16,18,21H,8-12H2,1-3H3. The van der Waals surface area contributed by atoms with Gasteiger partial charge in [-0.3, -0.25) is 0 Å². The molecule has 1 aliphatic carbocycles. The van der Waals surface area contributed by atoms with Crippen LogP contribution in [-0.4, -0.2) is 29.7 Å². The summed E-state index contributed by atoms with van der Waals surface area (Å²) in [4.78, 5) is 2.13. The third-order valence-corrected chi connectivity index (χ3v) is 4.87. The van der Waals surface area contributed by atoms with Gasteiger partial charge in [-0.05, 0) is 50.1 Å². The summed E-state index contributed by atoms with van der Waals surface area (Å²) in [5.41, 5.74) is 0.728. The van der Waals surface area contributed by atoms with Crippen LogP contribution in [0.2, 0.25) is 0 Å². The van der Waals surface area contributed by atoms with Crippen molar-refractivity contribution >= 4 is 0 Å². The van der Waals surface area contributed by atoms with Gasteiger partial charge >= 0.3 is 0 Å². The van der Waals surface area contributed by atoms with E-state index in [0.717, 1.165) is 31.4 Å². The van der Waals surface area contributed by atoms with Crippen LogP contribution >= 0.6 is 0 Å². The van der Waals surface area contributed by atoms with Gasteiger partial charge in [0.1, 0.15) is 5.82 Å². The van der Waals surface area contributed by atoms with E-state index in [0.29, 0.717) is 24.3 Å². The molecule has 2 nitrogen and oxygen atoms in total. The number of aliphatic hydroxyl groups is 1. The largest absolute Gasteiger partial charge is 0.393 e. The average molecular weight is 293 g/mol. The molecule has 1 fully saturated rings. The quantitative estimate of drug-likeness (QED) is 0.895. The summed E-state index contributed by atoms with van der Waals surface area (Å²) >= 11 is 0. The molecule has 1 aromatic carbocycles. The smallest absolute Gasteiger partial charge is 0.127 e. The molecule has 0 saturated heterocycles. The molecule has 1 saturated carbocycles. The van der Waals surface area contributed by atoms with E-state index in [1.54, 1.807) is 6.07 Å². The molecule has 1 N–H and O–H groups in total. The number of hydrogen-bond acceptors (Lipinski definition) is 2. The number of rotatable bonds is 5. The van der Waals surface area contributed by atoms with Crippen molar-refractivity contribution in [1.29, 1.82) is 0 Å². The van der Waals surface area contributed by atoms with Gasteiger partial charge in [-0.15, -0.1) is 0 Å². The number of hydrogen-bond donors (Lipinski definition) is 1. The Balaban J connectivity index is 1.92. The summed E-state index contributed by atoms with van der Waals surface area (Å²) < 4.78 is 13.7. The summed E-state index contributed by atoms with van der Waals surface area (Å²) in [6.07, 6.45) is 2.91. The van der Waals surface area contributed by atoms with Gasteiger partial charge in [-0.2, -0.15) is 0 Å². The Labute approximate surface area is 128 Å². The molecule has 3 unspecified atom stereocenters. The van der Waals surface area contributed by atoms with Crippen molar-refractivity contribution < 1.29 is 9.50 Å². The highest BCUT2D eigenvalue weighted by Crippen LogP contribution is 2.34. The Kier molecular flexibility index (Phi) is 5.77. The molecule has 3 heteroatoms. The first-order valence-electron chi connectivity index (χ1n) is 8.07. The molecule has 1 aliphatic rings. The van der Waals surface area contributed by atoms with E-state index in [9.17, 15) is 9.50 Å². The first kappa shape index (κ1) is 16.4. The molecule has 21 heavy (non-hydrogen) atoms. The Morgan fingerprint density at radius 2 is 2.00 bits per heavy atom. The molecule has 0 amide bonds. The average Bonchev–Trinajstić information content (AvgIpc) is 2.43. The predicted molar refractivity (Wildman–Crippen MR) is 84.4 cm³/mol. The van der Waals surface area contributed by atoms with Gasteiger partial charge in [0.25, 0.3) is 0 Å². The molecule has 0 heterocycles. The maximum absolute atomic E-state index is 13.7. The van der Waals surface area contributed by atoms with Crippen LogP contribution in [0, 0.1) is 23.6 Å². The zero-order valence-electron chi connectivity index (χ0n) is 13.4. The SMILES string of the molecule is CC(C)C1CCC(O)C(CN(C)Cc2ccccc2F)C1. The fourth-order valence-electron chi connectivity index (χ4n) is 3.47. The molecule has 3 atom stereocenters. The molecule has 118 valence electrons. The summed E-state index contributed by atoms with van der Waals surface area (Å²) in [6, 6.07) is 6.93. The first-order valence-corrected chi connectivity index (χ1v) is 8.07. The van der Waals surface area contributed by atoms with Crippen molar-refractivity contribution in [2.24, 2.45) is 17.8 Å². The van der Waals surface area contributed by atoms with Crippen molar-refractivity contribution in [1.82, 2.24) is 4.90 Å². The molecule has 0 aliphatic heterocycles. The second-order valence-corrected chi connectivity index (χ2v) is 6.93. The lowest BCUT2D eigenvalue weighted by Gasteiger charge is -2.37. The van der Waals surface area contributed by atoms with Gasteiger partial charge in [0, 0.05) is 18.7 Å². The van der Waals surface area contributed by atoms with E-state index in [-0.39, 0.29) is 11.9 Å². The maximum Gasteiger partial charge on any atom is 0.127 e. The molecular formula is C18H28FNO. The Hall–Kier alpha value is -0.930. The number of halogens is 1. The van der Waals surface area contributed by atoms with Crippen LogP contribution in [0.3, 0.4) is 0 Å². The molecule has 0 spiro atoms. The van der Waals surface area contributed by atoms with Crippen LogP contribution in [-0.2, 0) is 6.54 Å². The lowest BCUT2D eigenvalue weighted by atomic mass is 9.74. The minimum absolute atomic E-state index is 0.145. The third kappa shape index (κ3) is 4.52. The molecular weight excluding hydrogens is 265 g/mol. The Bertz CT molecular complexity index is 449. The van der Waals surface area contributed by atoms with Crippen LogP contribution in [0.5, 0.6) is 0 Å². The normalized spacial score (nSPS) is 26.5. The van der Waals surface area contributed by atoms with Crippen LogP contribution in [0.15, 0.2) is 24.3 Å². The highest BCUT2D eigenvalue weighted by molar-refractivity contribution is 5.17. The minimum Gasteiger partial charge on any atom is -0.393 e. The predicted octanol–water partition coefficient (Wildman–Crippen LogP) is 3.69. The Morgan fingerprint density at radius 3 is 2.67 bits per heavy atom. The summed E-state index contributed by atoms with van der Waals surface area (Å²) in [5.74, 6) is 1.55. The zero-order valence-corrected chi connectivity index (χ0v) is 13.4. The highest BCUT2D eigenvalue weighted by atomic mass is 19.1. The summed E-state index contributed by atoms with van der Waals surface area (Å²) in [6.45, 7) is 5.96. The van der Waals surface area contributed by atoms with Gasteiger partial charge in [0.2, 0.25) is 0 Å². The number of nitrogens with zero attached hydrogens (tertiary/aromatic N) is 1. The van der Waals surface area contributed by atoms with Crippen molar-refractivity contribution in [2.45, 2.75) is 45.8 Å². The van der Waals surface area contributed by atoms with Crippen molar-refractivity contribution in [3.05, 3.63) is 35.6 Å². The molecule has 0 bridgehead atoms. The zero-order chi connectivity index (χ0) is 15.4. The highest BCUT2D eigenvalue weighted by Gasteiger charge is 2.31. The Morgan fingerprint density at radius 1 is 1.29 bits per heavy atom. The summed E-state index contributed by atoms with van der Waals surface area (Å²) in [5, 5.41) is 10.2. The molecule has 0 aromatic heterocycles. The van der Waals surface area contributed by atoms with Crippen LogP contribution in [0.4, 0.5) is 4.39 Å². The van der Waals surface area contributed by atoms with E-state index in [1.165, 1.54) is 6.07 Å². The van der Waals surface area contributed by atoms with Gasteiger partial charge in [-0.1, -0.05) is 32.0 Å². The second-order valence-electron chi connectivity index (χ2n) is 6.93. The second kappa shape index (κ2) is 7.37. The fourth-order valence-corrected chi connectivity index (χ4v) is 3.47. The van der Waals surface area contributed by atoms with E-state index in [1.807, 2.05) is 19.2 Å². The fraction of sp³-hybridized carbons (Fsp3) is 0.667. The minimum atomic E-state index is -0.205. The monoisotopic (exact) mass is 293 g/mol. The topological polar surface area (TPSA) is 23.5 Å². The van der Waals surface area contributed by atoms with Crippen LogP contribution < -0.4 is 0 Å². The number of benzene rings is 1. The lowest BCUT2D eigenvalue weighted by molar-refractivity contribution is 0.0213. The van der Waals surface area contributed by atoms with Gasteiger partial charge in [0.15, 0.2) is 0 Å².